The average molecular weight is 783 g/mol. The number of allylic oxidation sites excluding steroid dienone is 24. The number of hydrogen-bond acceptors (Lipinski definition) is 6. The van der Waals surface area contributed by atoms with E-state index in [1.807, 2.05) is 85.1 Å². The van der Waals surface area contributed by atoms with Crippen molar-refractivity contribution in [3.8, 4) is 0 Å². The predicted molar refractivity (Wildman–Crippen MR) is 242 cm³/mol. The zero-order valence-corrected chi connectivity index (χ0v) is 35.5. The zero-order chi connectivity index (χ0) is 41.5. The Balaban J connectivity index is 4.65. The Morgan fingerprint density at radius 1 is 0.368 bits per heavy atom. The maximum atomic E-state index is 12.7. The van der Waals surface area contributed by atoms with Gasteiger partial charge in [-0.25, -0.2) is 0 Å². The first-order valence-electron chi connectivity index (χ1n) is 21.5. The average Bonchev–Trinajstić information content (AvgIpc) is 3.21. The topological polar surface area (TPSA) is 78.9 Å². The van der Waals surface area contributed by atoms with E-state index in [0.717, 1.165) is 77.0 Å². The molecule has 57 heavy (non-hydrogen) atoms. The number of hydrogen-bond donors (Lipinski definition) is 0. The normalized spacial score (nSPS) is 13.5. The number of carbonyl (C=O) groups is 3. The van der Waals surface area contributed by atoms with E-state index in [2.05, 4.69) is 81.5 Å². The molecule has 314 valence electrons. The van der Waals surface area contributed by atoms with Crippen molar-refractivity contribution in [3.63, 3.8) is 0 Å². The molecule has 0 aromatic carbocycles. The highest BCUT2D eigenvalue weighted by Gasteiger charge is 2.19. The van der Waals surface area contributed by atoms with Gasteiger partial charge in [0.1, 0.15) is 13.2 Å². The lowest BCUT2D eigenvalue weighted by Crippen LogP contribution is -2.30. The molecule has 0 bridgehead atoms. The molecule has 0 saturated carbocycles. The summed E-state index contributed by atoms with van der Waals surface area (Å²) < 4.78 is 16.5. The van der Waals surface area contributed by atoms with Gasteiger partial charge < -0.3 is 14.2 Å². The first-order chi connectivity index (χ1) is 28.0. The molecule has 0 aliphatic rings. The minimum atomic E-state index is -0.840. The van der Waals surface area contributed by atoms with Crippen LogP contribution in [0.25, 0.3) is 0 Å². The van der Waals surface area contributed by atoms with E-state index in [4.69, 9.17) is 14.2 Å². The first-order valence-corrected chi connectivity index (χ1v) is 21.5. The highest BCUT2D eigenvalue weighted by Crippen LogP contribution is 2.10. The number of ether oxygens (including phenoxy) is 3. The van der Waals surface area contributed by atoms with E-state index < -0.39 is 6.10 Å². The number of carbonyl (C=O) groups excluding carboxylic acids is 3. The number of unbranched alkanes of at least 4 members (excludes halogenated alkanes) is 7. The van der Waals surface area contributed by atoms with Gasteiger partial charge in [-0.05, 0) is 83.5 Å². The summed E-state index contributed by atoms with van der Waals surface area (Å²) in [5, 5.41) is 0. The smallest absolute Gasteiger partial charge is 0.306 e. The van der Waals surface area contributed by atoms with E-state index >= 15 is 0 Å². The fourth-order valence-electron chi connectivity index (χ4n) is 4.90. The summed E-state index contributed by atoms with van der Waals surface area (Å²) in [6, 6.07) is 0. The molecule has 0 heterocycles. The zero-order valence-electron chi connectivity index (χ0n) is 35.5. The molecule has 6 heteroatoms. The maximum Gasteiger partial charge on any atom is 0.306 e. The number of esters is 3. The van der Waals surface area contributed by atoms with E-state index in [0.29, 0.717) is 19.3 Å². The quantitative estimate of drug-likeness (QED) is 0.0209. The van der Waals surface area contributed by atoms with Crippen LogP contribution in [-0.2, 0) is 28.6 Å². The molecular weight excluding hydrogens is 709 g/mol. The van der Waals surface area contributed by atoms with Crippen molar-refractivity contribution >= 4 is 17.9 Å². The lowest BCUT2D eigenvalue weighted by Gasteiger charge is -2.18. The molecule has 0 aliphatic heterocycles. The fraction of sp³-hybridized carbons (Fsp3) is 0.471. The van der Waals surface area contributed by atoms with Gasteiger partial charge in [0.2, 0.25) is 0 Å². The summed E-state index contributed by atoms with van der Waals surface area (Å²) in [5.41, 5.74) is 0. The van der Waals surface area contributed by atoms with Crippen LogP contribution in [0.15, 0.2) is 146 Å². The highest BCUT2D eigenvalue weighted by atomic mass is 16.6. The summed E-state index contributed by atoms with van der Waals surface area (Å²) in [6.07, 6.45) is 62.7. The van der Waals surface area contributed by atoms with Crippen LogP contribution in [0, 0.1) is 0 Å². The van der Waals surface area contributed by atoms with Crippen molar-refractivity contribution in [2.45, 2.75) is 142 Å². The summed E-state index contributed by atoms with van der Waals surface area (Å²) in [5.74, 6) is -1.09. The minimum Gasteiger partial charge on any atom is -0.462 e. The second-order valence-corrected chi connectivity index (χ2v) is 13.3. The van der Waals surface area contributed by atoms with Crippen LogP contribution in [-0.4, -0.2) is 37.2 Å². The van der Waals surface area contributed by atoms with Gasteiger partial charge in [-0.3, -0.25) is 14.4 Å². The molecule has 0 fully saturated rings. The highest BCUT2D eigenvalue weighted by molar-refractivity contribution is 5.71. The molecule has 0 spiro atoms. The van der Waals surface area contributed by atoms with Gasteiger partial charge in [-0.2, -0.15) is 0 Å². The van der Waals surface area contributed by atoms with Crippen LogP contribution in [0.1, 0.15) is 136 Å². The summed E-state index contributed by atoms with van der Waals surface area (Å²) in [7, 11) is 0. The van der Waals surface area contributed by atoms with Gasteiger partial charge in [0.05, 0.1) is 0 Å². The molecule has 0 aromatic rings. The molecule has 0 amide bonds. The lowest BCUT2D eigenvalue weighted by molar-refractivity contribution is -0.167. The second-order valence-electron chi connectivity index (χ2n) is 13.3. The summed E-state index contributed by atoms with van der Waals surface area (Å²) >= 11 is 0. The third-order valence-electron chi connectivity index (χ3n) is 8.04. The predicted octanol–water partition coefficient (Wildman–Crippen LogP) is 13.7. The Bertz CT molecular complexity index is 1360. The van der Waals surface area contributed by atoms with Crippen LogP contribution >= 0.6 is 0 Å². The van der Waals surface area contributed by atoms with Gasteiger partial charge in [-0.15, -0.1) is 0 Å². The fourth-order valence-corrected chi connectivity index (χ4v) is 4.90. The monoisotopic (exact) mass is 783 g/mol. The van der Waals surface area contributed by atoms with E-state index in [1.54, 1.807) is 0 Å². The van der Waals surface area contributed by atoms with Crippen LogP contribution in [0.4, 0.5) is 0 Å². The lowest BCUT2D eigenvalue weighted by atomic mass is 10.1. The summed E-state index contributed by atoms with van der Waals surface area (Å²) in [6.45, 7) is 6.06. The van der Waals surface area contributed by atoms with E-state index in [1.165, 1.54) is 0 Å². The first kappa shape index (κ1) is 52.3. The molecule has 0 aliphatic carbocycles. The van der Waals surface area contributed by atoms with Crippen molar-refractivity contribution in [2.24, 2.45) is 0 Å². The Hall–Kier alpha value is -4.71. The van der Waals surface area contributed by atoms with Crippen LogP contribution < -0.4 is 0 Å². The second kappa shape index (κ2) is 44.0. The molecule has 1 unspecified atom stereocenters. The maximum absolute atomic E-state index is 12.7. The molecule has 0 radical (unpaired) electrons. The molecule has 1 atom stereocenters. The van der Waals surface area contributed by atoms with Crippen molar-refractivity contribution in [1.82, 2.24) is 0 Å². The Labute approximate surface area is 347 Å². The Morgan fingerprint density at radius 3 is 1.21 bits per heavy atom. The Morgan fingerprint density at radius 2 is 0.737 bits per heavy atom. The molecule has 0 N–H and O–H groups in total. The van der Waals surface area contributed by atoms with Crippen molar-refractivity contribution in [3.05, 3.63) is 146 Å². The Kier molecular flexibility index (Phi) is 40.4. The van der Waals surface area contributed by atoms with E-state index in [9.17, 15) is 14.4 Å². The van der Waals surface area contributed by atoms with Crippen molar-refractivity contribution < 1.29 is 28.6 Å². The third-order valence-corrected chi connectivity index (χ3v) is 8.04. The molecule has 0 rings (SSSR count). The molecular formula is C51H74O6. The largest absolute Gasteiger partial charge is 0.462 e. The van der Waals surface area contributed by atoms with Gasteiger partial charge in [0.25, 0.3) is 0 Å². The van der Waals surface area contributed by atoms with Crippen LogP contribution in [0.3, 0.4) is 0 Å². The van der Waals surface area contributed by atoms with Crippen LogP contribution in [0.2, 0.25) is 0 Å². The molecule has 0 saturated heterocycles. The van der Waals surface area contributed by atoms with Gasteiger partial charge >= 0.3 is 17.9 Å². The van der Waals surface area contributed by atoms with Gasteiger partial charge in [0.15, 0.2) is 6.10 Å². The van der Waals surface area contributed by atoms with Crippen molar-refractivity contribution in [1.29, 1.82) is 0 Å². The molecule has 0 aromatic heterocycles. The third kappa shape index (κ3) is 42.3. The van der Waals surface area contributed by atoms with Crippen LogP contribution in [0.5, 0.6) is 0 Å². The minimum absolute atomic E-state index is 0.139. The summed E-state index contributed by atoms with van der Waals surface area (Å²) in [4.78, 5) is 37.7. The van der Waals surface area contributed by atoms with Gasteiger partial charge in [-0.1, -0.05) is 179 Å². The van der Waals surface area contributed by atoms with E-state index in [-0.39, 0.29) is 50.4 Å². The standard InChI is InChI=1S/C51H74O6/c1-4-7-10-13-16-19-22-24-25-27-29-32-35-38-41-44-50(53)56-47-48(46-55-49(52)43-40-37-34-31-28-21-18-15-12-9-6-3)57-51(54)45-42-39-36-33-30-26-23-20-17-14-11-8-5-2/h7-14,16-27,29-31,34,48H,4-6,15,28,32-33,35-47H2,1-3H3/b10-7-,11-8-,12-9-,16-13-,17-14-,21-18-,22-19-,23-20-,25-24-,29-27-,30-26-,34-31-. The molecule has 6 nitrogen and oxygen atoms in total. The SMILES string of the molecule is CC\C=C/C=C\C=C/C=C\C=C/CCCCCC(=O)OCC(COC(=O)CCC/C=C\C/C=C\C/C=C\CC)OC(=O)CCCCC\C=C/C=C\C=C/C=C\CC. The number of rotatable bonds is 35. The van der Waals surface area contributed by atoms with Crippen molar-refractivity contribution in [2.75, 3.05) is 13.2 Å². The van der Waals surface area contributed by atoms with Gasteiger partial charge in [0, 0.05) is 19.3 Å².